The van der Waals surface area contributed by atoms with Crippen molar-refractivity contribution in [3.63, 3.8) is 0 Å². The molecule has 2 N–H and O–H groups in total. The minimum Gasteiger partial charge on any atom is -0.462 e. The number of nitrogen functional groups attached to an aromatic ring is 1. The second-order valence-corrected chi connectivity index (χ2v) is 6.20. The van der Waals surface area contributed by atoms with Crippen LogP contribution in [0.4, 0.5) is 9.39 Å². The van der Waals surface area contributed by atoms with Gasteiger partial charge in [0, 0.05) is 5.56 Å². The van der Waals surface area contributed by atoms with Crippen LogP contribution in [0.3, 0.4) is 0 Å². The average Bonchev–Trinajstić information content (AvgIpc) is 2.97. The molecule has 1 aromatic heterocycles. The number of rotatable bonds is 7. The van der Waals surface area contributed by atoms with E-state index < -0.39 is 30.3 Å². The summed E-state index contributed by atoms with van der Waals surface area (Å²) in [6.07, 6.45) is 0. The molecule has 1 aromatic carbocycles. The highest BCUT2D eigenvalue weighted by atomic mass is 32.1. The Morgan fingerprint density at radius 2 is 1.63 bits per heavy atom. The lowest BCUT2D eigenvalue weighted by Crippen LogP contribution is -2.14. The second kappa shape index (κ2) is 9.13. The Morgan fingerprint density at radius 3 is 2.26 bits per heavy atom. The Morgan fingerprint density at radius 1 is 1.00 bits per heavy atom. The molecular weight excluding hydrogens is 377 g/mol. The number of thiophene rings is 1. The van der Waals surface area contributed by atoms with Crippen LogP contribution in [0.2, 0.25) is 0 Å². The van der Waals surface area contributed by atoms with E-state index in [0.29, 0.717) is 0 Å². The smallest absolute Gasteiger partial charge is 0.348 e. The fraction of sp³-hybridized carbons (Fsp3) is 0.278. The van der Waals surface area contributed by atoms with Gasteiger partial charge in [-0.3, -0.25) is 0 Å². The lowest BCUT2D eigenvalue weighted by Gasteiger charge is -2.09. The van der Waals surface area contributed by atoms with Crippen molar-refractivity contribution in [3.8, 4) is 0 Å². The molecule has 0 aliphatic heterocycles. The topological polar surface area (TPSA) is 105 Å². The normalized spacial score (nSPS) is 10.3. The SMILES string of the molecule is CCOC(=O)c1sc(N)c(C(=O)OCC)c1COC(=O)c1ccccc1F. The number of ether oxygens (including phenoxy) is 3. The number of nitrogens with two attached hydrogens (primary N) is 1. The molecule has 27 heavy (non-hydrogen) atoms. The van der Waals surface area contributed by atoms with Gasteiger partial charge in [-0.05, 0) is 26.0 Å². The van der Waals surface area contributed by atoms with E-state index in [2.05, 4.69) is 0 Å². The first kappa shape index (κ1) is 20.4. The minimum atomic E-state index is -0.942. The molecule has 0 radical (unpaired) electrons. The van der Waals surface area contributed by atoms with E-state index in [1.807, 2.05) is 0 Å². The Bertz CT molecular complexity index is 864. The standard InChI is InChI=1S/C18H18FNO6S/c1-3-24-17(22)13-11(14(27-15(13)20)18(23)25-4-2)9-26-16(21)10-7-5-6-8-12(10)19/h5-8H,3-4,9,20H2,1-2H3. The van der Waals surface area contributed by atoms with Crippen molar-refractivity contribution in [1.82, 2.24) is 0 Å². The summed E-state index contributed by atoms with van der Waals surface area (Å²) in [6.45, 7) is 2.98. The molecule has 0 saturated carbocycles. The van der Waals surface area contributed by atoms with Crippen LogP contribution in [0.25, 0.3) is 0 Å². The molecule has 144 valence electrons. The molecule has 0 amide bonds. The van der Waals surface area contributed by atoms with Gasteiger partial charge in [-0.15, -0.1) is 11.3 Å². The summed E-state index contributed by atoms with van der Waals surface area (Å²) in [7, 11) is 0. The lowest BCUT2D eigenvalue weighted by atomic mass is 10.1. The van der Waals surface area contributed by atoms with Gasteiger partial charge in [0.2, 0.25) is 0 Å². The third-order valence-corrected chi connectivity index (χ3v) is 4.46. The zero-order valence-electron chi connectivity index (χ0n) is 14.7. The third-order valence-electron chi connectivity index (χ3n) is 3.42. The highest BCUT2D eigenvalue weighted by Crippen LogP contribution is 2.33. The first-order valence-corrected chi connectivity index (χ1v) is 8.89. The third kappa shape index (κ3) is 4.62. The Labute approximate surface area is 158 Å². The van der Waals surface area contributed by atoms with Crippen LogP contribution in [0.1, 0.15) is 49.8 Å². The van der Waals surface area contributed by atoms with Gasteiger partial charge in [0.15, 0.2) is 0 Å². The van der Waals surface area contributed by atoms with Crippen LogP contribution >= 0.6 is 11.3 Å². The average molecular weight is 395 g/mol. The van der Waals surface area contributed by atoms with E-state index >= 15 is 0 Å². The summed E-state index contributed by atoms with van der Waals surface area (Å²) in [4.78, 5) is 36.5. The molecule has 0 atom stereocenters. The fourth-order valence-corrected chi connectivity index (χ4v) is 3.21. The van der Waals surface area contributed by atoms with Crippen LogP contribution in [0.5, 0.6) is 0 Å². The van der Waals surface area contributed by atoms with Crippen molar-refractivity contribution in [2.45, 2.75) is 20.5 Å². The van der Waals surface area contributed by atoms with E-state index in [1.54, 1.807) is 13.8 Å². The Hall–Kier alpha value is -2.94. The molecule has 1 heterocycles. The zero-order valence-corrected chi connectivity index (χ0v) is 15.6. The predicted octanol–water partition coefficient (Wildman–Crippen LogP) is 3.18. The molecule has 0 spiro atoms. The minimum absolute atomic E-state index is 0.0266. The van der Waals surface area contributed by atoms with Crippen molar-refractivity contribution in [3.05, 3.63) is 51.7 Å². The number of anilines is 1. The maximum atomic E-state index is 13.7. The summed E-state index contributed by atoms with van der Waals surface area (Å²) >= 11 is 0.831. The highest BCUT2D eigenvalue weighted by Gasteiger charge is 2.28. The number of hydrogen-bond acceptors (Lipinski definition) is 8. The summed E-state index contributed by atoms with van der Waals surface area (Å²) in [5, 5.41) is 0.0356. The van der Waals surface area contributed by atoms with Gasteiger partial charge < -0.3 is 19.9 Å². The number of carbonyl (C=O) groups excluding carboxylic acids is 3. The van der Waals surface area contributed by atoms with Crippen LogP contribution in [-0.2, 0) is 20.8 Å². The molecule has 0 saturated heterocycles. The molecule has 0 aliphatic carbocycles. The molecule has 7 nitrogen and oxygen atoms in total. The molecule has 2 aromatic rings. The maximum Gasteiger partial charge on any atom is 0.348 e. The van der Waals surface area contributed by atoms with Crippen LogP contribution in [0, 0.1) is 5.82 Å². The summed E-state index contributed by atoms with van der Waals surface area (Å²) in [6, 6.07) is 5.30. The van der Waals surface area contributed by atoms with Gasteiger partial charge in [0.1, 0.15) is 27.9 Å². The number of hydrogen-bond donors (Lipinski definition) is 1. The quantitative estimate of drug-likeness (QED) is 0.567. The van der Waals surface area contributed by atoms with Crippen LogP contribution in [0.15, 0.2) is 24.3 Å². The summed E-state index contributed by atoms with van der Waals surface area (Å²) in [5.41, 5.74) is 5.60. The van der Waals surface area contributed by atoms with Gasteiger partial charge in [-0.25, -0.2) is 18.8 Å². The van der Waals surface area contributed by atoms with E-state index in [1.165, 1.54) is 18.2 Å². The van der Waals surface area contributed by atoms with E-state index in [4.69, 9.17) is 19.9 Å². The molecule has 2 rings (SSSR count). The number of esters is 3. The van der Waals surface area contributed by atoms with Gasteiger partial charge in [-0.2, -0.15) is 0 Å². The number of benzene rings is 1. The Balaban J connectivity index is 2.34. The number of halogens is 1. The molecule has 0 aliphatic rings. The van der Waals surface area contributed by atoms with Gasteiger partial charge in [-0.1, -0.05) is 12.1 Å². The predicted molar refractivity (Wildman–Crippen MR) is 96.2 cm³/mol. The van der Waals surface area contributed by atoms with Crippen molar-refractivity contribution in [1.29, 1.82) is 0 Å². The molecular formula is C18H18FNO6S. The molecule has 0 unspecified atom stereocenters. The highest BCUT2D eigenvalue weighted by molar-refractivity contribution is 7.18. The number of carbonyl (C=O) groups is 3. The summed E-state index contributed by atoms with van der Waals surface area (Å²) < 4.78 is 28.7. The lowest BCUT2D eigenvalue weighted by molar-refractivity contribution is 0.0433. The first-order chi connectivity index (χ1) is 12.9. The van der Waals surface area contributed by atoms with Crippen molar-refractivity contribution >= 4 is 34.2 Å². The van der Waals surface area contributed by atoms with Gasteiger partial charge >= 0.3 is 17.9 Å². The second-order valence-electron chi connectivity index (χ2n) is 5.15. The van der Waals surface area contributed by atoms with Crippen molar-refractivity contribution in [2.24, 2.45) is 0 Å². The maximum absolute atomic E-state index is 13.7. The fourth-order valence-electron chi connectivity index (χ4n) is 2.25. The Kier molecular flexibility index (Phi) is 6.89. The monoisotopic (exact) mass is 395 g/mol. The molecule has 0 fully saturated rings. The van der Waals surface area contributed by atoms with Gasteiger partial charge in [0.25, 0.3) is 0 Å². The summed E-state index contributed by atoms with van der Waals surface area (Å²) in [5.74, 6) is -3.15. The van der Waals surface area contributed by atoms with E-state index in [0.717, 1.165) is 17.4 Å². The van der Waals surface area contributed by atoms with Crippen molar-refractivity contribution in [2.75, 3.05) is 18.9 Å². The largest absolute Gasteiger partial charge is 0.462 e. The van der Waals surface area contributed by atoms with Crippen LogP contribution in [-0.4, -0.2) is 31.1 Å². The molecule has 9 heteroatoms. The van der Waals surface area contributed by atoms with Gasteiger partial charge in [0.05, 0.1) is 18.8 Å². The van der Waals surface area contributed by atoms with E-state index in [9.17, 15) is 18.8 Å². The van der Waals surface area contributed by atoms with E-state index in [-0.39, 0.29) is 39.8 Å². The van der Waals surface area contributed by atoms with Crippen LogP contribution < -0.4 is 5.73 Å². The zero-order chi connectivity index (χ0) is 20.0. The van der Waals surface area contributed by atoms with Crippen molar-refractivity contribution < 1.29 is 33.0 Å². The molecule has 0 bridgehead atoms. The first-order valence-electron chi connectivity index (χ1n) is 8.07.